The van der Waals surface area contributed by atoms with Crippen LogP contribution in [0.4, 0.5) is 0 Å². The number of ketones is 2. The van der Waals surface area contributed by atoms with Crippen molar-refractivity contribution in [2.45, 2.75) is 89.9 Å². The van der Waals surface area contributed by atoms with Gasteiger partial charge in [-0.15, -0.1) is 0 Å². The quantitative estimate of drug-likeness (QED) is 0.181. The van der Waals surface area contributed by atoms with E-state index in [4.69, 9.17) is 9.84 Å². The number of hydrogen-bond acceptors (Lipinski definition) is 5. The number of aliphatic carboxylic acids is 1. The first-order chi connectivity index (χ1) is 14.5. The van der Waals surface area contributed by atoms with Crippen LogP contribution in [0.3, 0.4) is 0 Å². The number of carbonyl (C=O) groups is 3. The lowest BCUT2D eigenvalue weighted by molar-refractivity contribution is -0.137. The van der Waals surface area contributed by atoms with E-state index in [1.165, 1.54) is 7.11 Å². The first-order valence-corrected chi connectivity index (χ1v) is 11.1. The van der Waals surface area contributed by atoms with Crippen molar-refractivity contribution in [2.24, 2.45) is 0 Å². The van der Waals surface area contributed by atoms with Gasteiger partial charge in [-0.05, 0) is 44.9 Å². The van der Waals surface area contributed by atoms with Crippen LogP contribution in [0.5, 0.6) is 0 Å². The fourth-order valence-corrected chi connectivity index (χ4v) is 3.44. The smallest absolute Gasteiger partial charge is 0.303 e. The Balaban J connectivity index is 1.99. The van der Waals surface area contributed by atoms with Gasteiger partial charge in [-0.3, -0.25) is 14.4 Å². The van der Waals surface area contributed by atoms with Gasteiger partial charge in [-0.1, -0.05) is 50.7 Å². The number of Topliss-reactive ketones (excluding diaryl/α,β-unsaturated/α-hetero) is 1. The molecule has 30 heavy (non-hydrogen) atoms. The maximum absolute atomic E-state index is 12.1. The average molecular weight is 421 g/mol. The topological polar surface area (TPSA) is 101 Å². The van der Waals surface area contributed by atoms with Crippen LogP contribution in [0.15, 0.2) is 35.3 Å². The predicted molar refractivity (Wildman–Crippen MR) is 116 cm³/mol. The summed E-state index contributed by atoms with van der Waals surface area (Å²) in [6, 6.07) is 0. The molecule has 0 amide bonds. The van der Waals surface area contributed by atoms with Crippen molar-refractivity contribution in [2.75, 3.05) is 7.11 Å². The standard InChI is InChI=1S/C24H36O6/c1-30-21-18-20(25)23(28)19(24(21)29)16-14-12-10-8-6-4-2-3-5-7-9-11-13-15-17-22(26)27/h2-3,18,28H,4-17H2,1H3,(H,26,27). The molecule has 0 aromatic carbocycles. The van der Waals surface area contributed by atoms with Crippen LogP contribution in [0.25, 0.3) is 0 Å². The Bertz CT molecular complexity index is 657. The number of aliphatic hydroxyl groups excluding tert-OH is 1. The monoisotopic (exact) mass is 420 g/mol. The van der Waals surface area contributed by atoms with Gasteiger partial charge in [0.25, 0.3) is 0 Å². The number of unbranched alkanes of at least 4 members (excludes halogenated alkanes) is 10. The number of carboxylic acids is 1. The molecule has 6 nitrogen and oxygen atoms in total. The Labute approximate surface area is 179 Å². The Morgan fingerprint density at radius 1 is 0.900 bits per heavy atom. The zero-order valence-corrected chi connectivity index (χ0v) is 18.2. The minimum atomic E-state index is -0.705. The van der Waals surface area contributed by atoms with Gasteiger partial charge in [0, 0.05) is 18.1 Å². The third-order valence-electron chi connectivity index (χ3n) is 5.22. The van der Waals surface area contributed by atoms with E-state index in [9.17, 15) is 19.5 Å². The summed E-state index contributed by atoms with van der Waals surface area (Å²) in [6.45, 7) is 0. The fraction of sp³-hybridized carbons (Fsp3) is 0.625. The van der Waals surface area contributed by atoms with Crippen molar-refractivity contribution in [1.82, 2.24) is 0 Å². The van der Waals surface area contributed by atoms with Crippen LogP contribution >= 0.6 is 0 Å². The highest BCUT2D eigenvalue weighted by molar-refractivity contribution is 6.20. The van der Waals surface area contributed by atoms with Gasteiger partial charge >= 0.3 is 5.97 Å². The molecule has 0 spiro atoms. The van der Waals surface area contributed by atoms with Crippen LogP contribution < -0.4 is 0 Å². The van der Waals surface area contributed by atoms with Crippen LogP contribution in [-0.2, 0) is 19.1 Å². The van der Waals surface area contributed by atoms with Crippen molar-refractivity contribution in [1.29, 1.82) is 0 Å². The molecule has 1 aliphatic carbocycles. The molecule has 0 aliphatic heterocycles. The van der Waals surface area contributed by atoms with Crippen LogP contribution in [0, 0.1) is 0 Å². The van der Waals surface area contributed by atoms with Gasteiger partial charge in [0.1, 0.15) is 0 Å². The van der Waals surface area contributed by atoms with Gasteiger partial charge in [0.15, 0.2) is 11.5 Å². The summed E-state index contributed by atoms with van der Waals surface area (Å²) < 4.78 is 4.91. The Morgan fingerprint density at radius 3 is 2.00 bits per heavy atom. The number of allylic oxidation sites excluding steroid dienone is 4. The lowest BCUT2D eigenvalue weighted by Crippen LogP contribution is -2.20. The van der Waals surface area contributed by atoms with Gasteiger partial charge in [-0.25, -0.2) is 0 Å². The number of carbonyl (C=O) groups excluding carboxylic acids is 2. The molecule has 0 saturated heterocycles. The molecule has 6 heteroatoms. The van der Waals surface area contributed by atoms with Crippen molar-refractivity contribution in [3.05, 3.63) is 35.3 Å². The van der Waals surface area contributed by atoms with Crippen molar-refractivity contribution in [3.8, 4) is 0 Å². The SMILES string of the molecule is COC1=CC(=O)C(O)=C(CCCCCCCC=CCCCCCCCC(=O)O)C1=O. The highest BCUT2D eigenvalue weighted by Crippen LogP contribution is 2.23. The van der Waals surface area contributed by atoms with Crippen molar-refractivity contribution >= 4 is 17.5 Å². The summed E-state index contributed by atoms with van der Waals surface area (Å²) in [5.41, 5.74) is 0.171. The summed E-state index contributed by atoms with van der Waals surface area (Å²) >= 11 is 0. The van der Waals surface area contributed by atoms with E-state index in [1.54, 1.807) is 0 Å². The first kappa shape index (κ1) is 25.7. The molecule has 0 unspecified atom stereocenters. The molecule has 0 bridgehead atoms. The second-order valence-corrected chi connectivity index (χ2v) is 7.71. The molecule has 0 heterocycles. The number of hydrogen-bond donors (Lipinski definition) is 2. The van der Waals surface area contributed by atoms with E-state index in [1.807, 2.05) is 0 Å². The third-order valence-corrected chi connectivity index (χ3v) is 5.22. The molecule has 2 N–H and O–H groups in total. The van der Waals surface area contributed by atoms with Gasteiger partial charge in [-0.2, -0.15) is 0 Å². The number of carboxylic acid groups (broad SMARTS) is 1. The van der Waals surface area contributed by atoms with E-state index in [2.05, 4.69) is 12.2 Å². The molecule has 1 aliphatic rings. The Morgan fingerprint density at radius 2 is 1.43 bits per heavy atom. The Kier molecular flexibility index (Phi) is 13.2. The van der Waals surface area contributed by atoms with E-state index >= 15 is 0 Å². The molecule has 0 aromatic rings. The van der Waals surface area contributed by atoms with Gasteiger partial charge < -0.3 is 14.9 Å². The third kappa shape index (κ3) is 10.4. The zero-order valence-electron chi connectivity index (χ0n) is 18.2. The number of ether oxygens (including phenoxy) is 1. The molecule has 168 valence electrons. The molecular formula is C24H36O6. The maximum Gasteiger partial charge on any atom is 0.303 e. The summed E-state index contributed by atoms with van der Waals surface area (Å²) in [7, 11) is 1.34. The van der Waals surface area contributed by atoms with Gasteiger partial charge in [0.05, 0.1) is 7.11 Å². The summed E-state index contributed by atoms with van der Waals surface area (Å²) in [5.74, 6) is -2.10. The summed E-state index contributed by atoms with van der Waals surface area (Å²) in [6.07, 6.45) is 18.6. The van der Waals surface area contributed by atoms with E-state index < -0.39 is 17.5 Å². The van der Waals surface area contributed by atoms with E-state index in [0.29, 0.717) is 6.42 Å². The number of aliphatic hydroxyl groups is 1. The van der Waals surface area contributed by atoms with E-state index in [0.717, 1.165) is 83.1 Å². The second-order valence-electron chi connectivity index (χ2n) is 7.71. The fourth-order valence-electron chi connectivity index (χ4n) is 3.44. The molecule has 1 rings (SSSR count). The highest BCUT2D eigenvalue weighted by Gasteiger charge is 2.28. The lowest BCUT2D eigenvalue weighted by atomic mass is 9.94. The van der Waals surface area contributed by atoms with Crippen molar-refractivity contribution < 1.29 is 29.3 Å². The van der Waals surface area contributed by atoms with E-state index in [-0.39, 0.29) is 23.5 Å². The predicted octanol–water partition coefficient (Wildman–Crippen LogP) is 5.58. The Hall–Kier alpha value is -2.37. The highest BCUT2D eigenvalue weighted by atomic mass is 16.5. The molecule has 0 aromatic heterocycles. The van der Waals surface area contributed by atoms with Crippen LogP contribution in [0.1, 0.15) is 89.9 Å². The summed E-state index contributed by atoms with van der Waals surface area (Å²) in [5, 5.41) is 18.4. The molecule has 0 fully saturated rings. The number of methoxy groups -OCH3 is 1. The molecule has 0 saturated carbocycles. The minimum Gasteiger partial charge on any atom is -0.504 e. The second kappa shape index (κ2) is 15.5. The zero-order chi connectivity index (χ0) is 22.2. The van der Waals surface area contributed by atoms with Crippen molar-refractivity contribution in [3.63, 3.8) is 0 Å². The van der Waals surface area contributed by atoms with Crippen LogP contribution in [-0.4, -0.2) is 34.9 Å². The molecule has 0 radical (unpaired) electrons. The van der Waals surface area contributed by atoms with Gasteiger partial charge in [0.2, 0.25) is 11.6 Å². The minimum absolute atomic E-state index is 0.00206. The normalized spacial score (nSPS) is 14.5. The lowest BCUT2D eigenvalue weighted by Gasteiger charge is -2.14. The number of rotatable bonds is 17. The first-order valence-electron chi connectivity index (χ1n) is 11.1. The summed E-state index contributed by atoms with van der Waals surface area (Å²) in [4.78, 5) is 34.2. The molecule has 0 atom stereocenters. The largest absolute Gasteiger partial charge is 0.504 e. The van der Waals surface area contributed by atoms with Crippen LogP contribution in [0.2, 0.25) is 0 Å². The average Bonchev–Trinajstić information content (AvgIpc) is 2.72. The molecular weight excluding hydrogens is 384 g/mol. The maximum atomic E-state index is 12.1.